The topological polar surface area (TPSA) is 69.2 Å². The van der Waals surface area contributed by atoms with E-state index < -0.39 is 0 Å². The Hall–Kier alpha value is -3.02. The molecule has 0 aliphatic carbocycles. The summed E-state index contributed by atoms with van der Waals surface area (Å²) in [7, 11) is 1.58. The number of ether oxygens (including phenoxy) is 3. The van der Waals surface area contributed by atoms with Crippen molar-refractivity contribution in [1.29, 1.82) is 0 Å². The van der Waals surface area contributed by atoms with Gasteiger partial charge in [-0.15, -0.1) is 0 Å². The summed E-state index contributed by atoms with van der Waals surface area (Å²) in [6.07, 6.45) is 2.46. The smallest absolute Gasteiger partial charge is 0.277 e. The van der Waals surface area contributed by atoms with E-state index in [-0.39, 0.29) is 12.5 Å². The fourth-order valence-electron chi connectivity index (χ4n) is 2.41. The van der Waals surface area contributed by atoms with Crippen LogP contribution in [-0.2, 0) is 4.79 Å². The van der Waals surface area contributed by atoms with Gasteiger partial charge in [0.1, 0.15) is 5.75 Å². The number of hydrogen-bond acceptors (Lipinski definition) is 5. The van der Waals surface area contributed by atoms with Crippen molar-refractivity contribution in [2.45, 2.75) is 27.2 Å². The number of methoxy groups -OCH3 is 1. The first-order valence-corrected chi connectivity index (χ1v) is 8.86. The average Bonchev–Trinajstić information content (AvgIpc) is 2.66. The van der Waals surface area contributed by atoms with Gasteiger partial charge in [-0.25, -0.2) is 5.43 Å². The molecule has 144 valence electrons. The van der Waals surface area contributed by atoms with E-state index in [1.54, 1.807) is 19.4 Å². The van der Waals surface area contributed by atoms with Gasteiger partial charge in [0.05, 0.1) is 19.9 Å². The molecule has 6 nitrogen and oxygen atoms in total. The summed E-state index contributed by atoms with van der Waals surface area (Å²) in [5, 5.41) is 3.96. The largest absolute Gasteiger partial charge is 0.493 e. The molecular weight excluding hydrogens is 344 g/mol. The third-order valence-electron chi connectivity index (χ3n) is 3.74. The number of hydrazone groups is 1. The molecule has 1 amide bonds. The van der Waals surface area contributed by atoms with E-state index >= 15 is 0 Å². The molecule has 0 unspecified atom stereocenters. The van der Waals surface area contributed by atoms with Crippen molar-refractivity contribution in [2.75, 3.05) is 20.3 Å². The van der Waals surface area contributed by atoms with E-state index in [0.717, 1.165) is 23.1 Å². The number of aryl methyl sites for hydroxylation is 2. The zero-order valence-electron chi connectivity index (χ0n) is 16.2. The van der Waals surface area contributed by atoms with Crippen LogP contribution >= 0.6 is 0 Å². The van der Waals surface area contributed by atoms with Gasteiger partial charge in [0, 0.05) is 0 Å². The lowest BCUT2D eigenvalue weighted by Gasteiger charge is -2.10. The van der Waals surface area contributed by atoms with E-state index in [1.165, 1.54) is 0 Å². The molecule has 0 fully saturated rings. The zero-order valence-corrected chi connectivity index (χ0v) is 16.2. The molecule has 0 bridgehead atoms. The van der Waals surface area contributed by atoms with Crippen LogP contribution < -0.4 is 19.6 Å². The highest BCUT2D eigenvalue weighted by atomic mass is 16.5. The Labute approximate surface area is 160 Å². The lowest BCUT2D eigenvalue weighted by molar-refractivity contribution is -0.123. The van der Waals surface area contributed by atoms with Gasteiger partial charge in [0.15, 0.2) is 18.1 Å². The average molecular weight is 370 g/mol. The lowest BCUT2D eigenvalue weighted by Crippen LogP contribution is -2.24. The fourth-order valence-corrected chi connectivity index (χ4v) is 2.41. The van der Waals surface area contributed by atoms with Crippen LogP contribution in [0.4, 0.5) is 0 Å². The van der Waals surface area contributed by atoms with Gasteiger partial charge in [0.25, 0.3) is 5.91 Å². The van der Waals surface area contributed by atoms with E-state index in [1.807, 2.05) is 51.1 Å². The highest BCUT2D eigenvalue weighted by molar-refractivity contribution is 5.83. The van der Waals surface area contributed by atoms with Crippen LogP contribution in [0.25, 0.3) is 0 Å². The van der Waals surface area contributed by atoms with Crippen molar-refractivity contribution in [3.8, 4) is 17.2 Å². The molecule has 2 rings (SSSR count). The highest BCUT2D eigenvalue weighted by Gasteiger charge is 2.06. The summed E-state index contributed by atoms with van der Waals surface area (Å²) in [5.41, 5.74) is 5.37. The predicted molar refractivity (Wildman–Crippen MR) is 106 cm³/mol. The van der Waals surface area contributed by atoms with E-state index in [2.05, 4.69) is 10.5 Å². The van der Waals surface area contributed by atoms with E-state index in [4.69, 9.17) is 14.2 Å². The summed E-state index contributed by atoms with van der Waals surface area (Å²) >= 11 is 0. The minimum Gasteiger partial charge on any atom is -0.493 e. The lowest BCUT2D eigenvalue weighted by atomic mass is 10.1. The highest BCUT2D eigenvalue weighted by Crippen LogP contribution is 2.27. The van der Waals surface area contributed by atoms with Crippen molar-refractivity contribution in [3.05, 3.63) is 53.1 Å². The van der Waals surface area contributed by atoms with E-state index in [9.17, 15) is 4.79 Å². The monoisotopic (exact) mass is 370 g/mol. The van der Waals surface area contributed by atoms with Crippen molar-refractivity contribution in [3.63, 3.8) is 0 Å². The van der Waals surface area contributed by atoms with Crippen LogP contribution in [0.3, 0.4) is 0 Å². The molecule has 0 saturated carbocycles. The summed E-state index contributed by atoms with van der Waals surface area (Å²) in [5.74, 6) is 1.66. The molecule has 2 aromatic carbocycles. The molecule has 0 spiro atoms. The molecule has 1 N–H and O–H groups in total. The van der Waals surface area contributed by atoms with Crippen LogP contribution in [0.15, 0.2) is 41.5 Å². The maximum atomic E-state index is 11.9. The first kappa shape index (κ1) is 20.3. The number of amides is 1. The van der Waals surface area contributed by atoms with Gasteiger partial charge >= 0.3 is 0 Å². The Bertz CT molecular complexity index is 803. The quantitative estimate of drug-likeness (QED) is 0.541. The molecule has 0 atom stereocenters. The summed E-state index contributed by atoms with van der Waals surface area (Å²) in [4.78, 5) is 11.9. The Morgan fingerprint density at radius 3 is 2.56 bits per heavy atom. The number of carbonyl (C=O) groups is 1. The molecule has 27 heavy (non-hydrogen) atoms. The van der Waals surface area contributed by atoms with Crippen LogP contribution in [0.1, 0.15) is 30.0 Å². The third kappa shape index (κ3) is 6.33. The molecule has 0 heterocycles. The normalized spacial score (nSPS) is 10.7. The van der Waals surface area contributed by atoms with Gasteiger partial charge in [-0.2, -0.15) is 5.10 Å². The van der Waals surface area contributed by atoms with Crippen LogP contribution in [0.2, 0.25) is 0 Å². The van der Waals surface area contributed by atoms with Gasteiger partial charge < -0.3 is 14.2 Å². The third-order valence-corrected chi connectivity index (χ3v) is 3.74. The molecule has 0 aliphatic heterocycles. The summed E-state index contributed by atoms with van der Waals surface area (Å²) in [6.45, 7) is 6.52. The fraction of sp³-hybridized carbons (Fsp3) is 0.333. The molecule has 0 radical (unpaired) electrons. The summed E-state index contributed by atoms with van der Waals surface area (Å²) < 4.78 is 16.5. The molecule has 0 saturated heterocycles. The zero-order chi connectivity index (χ0) is 19.6. The minimum absolute atomic E-state index is 0.103. The maximum Gasteiger partial charge on any atom is 0.277 e. The number of benzene rings is 2. The van der Waals surface area contributed by atoms with Crippen molar-refractivity contribution in [2.24, 2.45) is 5.10 Å². The Balaban J connectivity index is 1.87. The number of nitrogens with one attached hydrogen (secondary N) is 1. The maximum absolute atomic E-state index is 11.9. The number of carbonyl (C=O) groups excluding carboxylic acids is 1. The van der Waals surface area contributed by atoms with Crippen molar-refractivity contribution in [1.82, 2.24) is 5.43 Å². The number of hydrogen-bond donors (Lipinski definition) is 1. The van der Waals surface area contributed by atoms with Crippen molar-refractivity contribution >= 4 is 12.1 Å². The molecule has 0 aliphatic rings. The molecule has 0 aromatic heterocycles. The van der Waals surface area contributed by atoms with Gasteiger partial charge in [0.2, 0.25) is 0 Å². The second kappa shape index (κ2) is 10.2. The second-order valence-electron chi connectivity index (χ2n) is 6.11. The Morgan fingerprint density at radius 2 is 1.85 bits per heavy atom. The number of nitrogens with zero attached hydrogens (tertiary/aromatic N) is 1. The first-order chi connectivity index (χ1) is 13.0. The number of rotatable bonds is 9. The second-order valence-corrected chi connectivity index (χ2v) is 6.11. The predicted octanol–water partition coefficient (Wildman–Crippen LogP) is 3.63. The van der Waals surface area contributed by atoms with Crippen LogP contribution in [0, 0.1) is 13.8 Å². The van der Waals surface area contributed by atoms with Crippen LogP contribution in [-0.4, -0.2) is 32.4 Å². The Morgan fingerprint density at radius 1 is 1.07 bits per heavy atom. The molecule has 6 heteroatoms. The SMILES string of the molecule is CCCOc1ccc(C=NNC(=O)COc2ccc(C)cc2C)cc1OC. The van der Waals surface area contributed by atoms with Crippen LogP contribution in [0.5, 0.6) is 17.2 Å². The van der Waals surface area contributed by atoms with E-state index in [0.29, 0.717) is 23.9 Å². The van der Waals surface area contributed by atoms with Gasteiger partial charge in [-0.3, -0.25) is 4.79 Å². The van der Waals surface area contributed by atoms with Gasteiger partial charge in [-0.1, -0.05) is 24.6 Å². The standard InChI is InChI=1S/C21H26N2O4/c1-5-10-26-19-9-7-17(12-20(19)25-4)13-22-23-21(24)14-27-18-8-6-15(2)11-16(18)3/h6-9,11-13H,5,10,14H2,1-4H3,(H,23,24). The molecular formula is C21H26N2O4. The Kier molecular flexibility index (Phi) is 7.67. The minimum atomic E-state index is -0.332. The van der Waals surface area contributed by atoms with Gasteiger partial charge in [-0.05, 0) is 55.7 Å². The molecule has 2 aromatic rings. The first-order valence-electron chi connectivity index (χ1n) is 8.86. The summed E-state index contributed by atoms with van der Waals surface area (Å²) in [6, 6.07) is 11.3. The van der Waals surface area contributed by atoms with Crippen molar-refractivity contribution < 1.29 is 19.0 Å².